The minimum atomic E-state index is 0.0849. The molecule has 2 unspecified atom stereocenters. The normalized spacial score (nSPS) is 24.9. The van der Waals surface area contributed by atoms with E-state index in [1.54, 1.807) is 6.07 Å². The Kier molecular flexibility index (Phi) is 5.33. The Balaban J connectivity index is 1.43. The van der Waals surface area contributed by atoms with Crippen LogP contribution < -0.4 is 0 Å². The molecule has 0 saturated carbocycles. The van der Waals surface area contributed by atoms with E-state index in [2.05, 4.69) is 35.2 Å². The van der Waals surface area contributed by atoms with Crippen LogP contribution in [0.1, 0.15) is 29.5 Å². The number of benzene rings is 2. The van der Waals surface area contributed by atoms with Crippen LogP contribution in [0.25, 0.3) is 0 Å². The summed E-state index contributed by atoms with van der Waals surface area (Å²) < 4.78 is 5.79. The highest BCUT2D eigenvalue weighted by Crippen LogP contribution is 2.34. The number of carbonyl (C=O) groups excluding carboxylic acids is 1. The summed E-state index contributed by atoms with van der Waals surface area (Å²) in [5, 5.41) is 9.05. The van der Waals surface area contributed by atoms with Gasteiger partial charge in [-0.15, -0.1) is 0 Å². The predicted octanol–water partition coefficient (Wildman–Crippen LogP) is 3.35. The molecule has 138 valence electrons. The smallest absolute Gasteiger partial charge is 0.140 e. The average Bonchev–Trinajstić information content (AvgIpc) is 2.68. The number of Topliss-reactive ketones (excluding diaryl/α,β-unsaturated/α-hetero) is 1. The van der Waals surface area contributed by atoms with Crippen LogP contribution in [-0.4, -0.2) is 36.0 Å². The van der Waals surface area contributed by atoms with E-state index in [0.29, 0.717) is 43.1 Å². The van der Waals surface area contributed by atoms with Crippen LogP contribution in [0, 0.1) is 17.2 Å². The van der Waals surface area contributed by atoms with Crippen LogP contribution in [0.15, 0.2) is 54.6 Å². The molecule has 2 heterocycles. The predicted molar refractivity (Wildman–Crippen MR) is 103 cm³/mol. The molecule has 2 saturated heterocycles. The standard InChI is InChI=1S/C23H24N2O2/c24-13-19-8-4-7-18(9-19)10-23(26)20-11-21-15-27-16-22(12-20)25(21)14-17-5-2-1-3-6-17/h1-9,20-22H,10-12,14-16H2. The van der Waals surface area contributed by atoms with Gasteiger partial charge in [-0.3, -0.25) is 9.69 Å². The maximum Gasteiger partial charge on any atom is 0.140 e. The summed E-state index contributed by atoms with van der Waals surface area (Å²) in [4.78, 5) is 15.4. The molecule has 2 fully saturated rings. The lowest BCUT2D eigenvalue weighted by Gasteiger charge is -2.48. The second-order valence-corrected chi connectivity index (χ2v) is 7.63. The maximum absolute atomic E-state index is 12.9. The summed E-state index contributed by atoms with van der Waals surface area (Å²) >= 11 is 0. The number of nitriles is 1. The Hall–Kier alpha value is -2.48. The number of rotatable bonds is 5. The number of ether oxygens (including phenoxy) is 1. The number of hydrogen-bond acceptors (Lipinski definition) is 4. The van der Waals surface area contributed by atoms with Gasteiger partial charge < -0.3 is 4.74 Å². The van der Waals surface area contributed by atoms with Crippen LogP contribution in [0.2, 0.25) is 0 Å². The van der Waals surface area contributed by atoms with Gasteiger partial charge in [0.15, 0.2) is 0 Å². The van der Waals surface area contributed by atoms with E-state index < -0.39 is 0 Å². The van der Waals surface area contributed by atoms with Crippen molar-refractivity contribution in [1.29, 1.82) is 5.26 Å². The summed E-state index contributed by atoms with van der Waals surface area (Å²) in [5.74, 6) is 0.378. The molecule has 0 radical (unpaired) electrons. The lowest BCUT2D eigenvalue weighted by Crippen LogP contribution is -2.57. The van der Waals surface area contributed by atoms with Crippen LogP contribution in [-0.2, 0) is 22.5 Å². The van der Waals surface area contributed by atoms with Crippen molar-refractivity contribution in [3.05, 3.63) is 71.3 Å². The van der Waals surface area contributed by atoms with Crippen molar-refractivity contribution in [1.82, 2.24) is 4.90 Å². The molecule has 0 spiro atoms. The Bertz CT molecular complexity index is 829. The first kappa shape index (κ1) is 17.9. The Labute approximate surface area is 160 Å². The summed E-state index contributed by atoms with van der Waals surface area (Å²) in [7, 11) is 0. The third kappa shape index (κ3) is 4.10. The van der Waals surface area contributed by atoms with Crippen LogP contribution in [0.3, 0.4) is 0 Å². The van der Waals surface area contributed by atoms with E-state index >= 15 is 0 Å². The Morgan fingerprint density at radius 3 is 2.44 bits per heavy atom. The van der Waals surface area contributed by atoms with Gasteiger partial charge in [-0.2, -0.15) is 5.26 Å². The molecule has 0 aliphatic carbocycles. The molecular weight excluding hydrogens is 336 g/mol. The van der Waals surface area contributed by atoms with Crippen molar-refractivity contribution in [3.63, 3.8) is 0 Å². The maximum atomic E-state index is 12.9. The quantitative estimate of drug-likeness (QED) is 0.821. The summed E-state index contributed by atoms with van der Waals surface area (Å²) in [6.45, 7) is 2.33. The minimum absolute atomic E-state index is 0.0849. The lowest BCUT2D eigenvalue weighted by atomic mass is 9.80. The molecule has 4 nitrogen and oxygen atoms in total. The SMILES string of the molecule is N#Cc1cccc(CC(=O)C2CC3COCC(C2)N3Cc2ccccc2)c1. The number of morpholine rings is 1. The molecule has 0 amide bonds. The first-order valence-electron chi connectivity index (χ1n) is 9.62. The highest BCUT2D eigenvalue weighted by molar-refractivity contribution is 5.83. The Morgan fingerprint density at radius 1 is 1.04 bits per heavy atom. The molecule has 2 bridgehead atoms. The molecule has 0 aromatic heterocycles. The van der Waals surface area contributed by atoms with Crippen molar-refractivity contribution >= 4 is 5.78 Å². The molecule has 2 atom stereocenters. The summed E-state index contributed by atoms with van der Waals surface area (Å²) in [6.07, 6.45) is 2.14. The van der Waals surface area contributed by atoms with Crippen LogP contribution >= 0.6 is 0 Å². The highest BCUT2D eigenvalue weighted by Gasteiger charge is 2.40. The molecule has 2 aromatic carbocycles. The second-order valence-electron chi connectivity index (χ2n) is 7.63. The lowest BCUT2D eigenvalue weighted by molar-refractivity contribution is -0.133. The first-order valence-corrected chi connectivity index (χ1v) is 9.62. The number of hydrogen-bond donors (Lipinski definition) is 0. The zero-order valence-electron chi connectivity index (χ0n) is 15.4. The van der Waals surface area contributed by atoms with E-state index in [1.165, 1.54) is 5.56 Å². The van der Waals surface area contributed by atoms with Gasteiger partial charge in [0.25, 0.3) is 0 Å². The van der Waals surface area contributed by atoms with Gasteiger partial charge in [0.2, 0.25) is 0 Å². The van der Waals surface area contributed by atoms with E-state index in [9.17, 15) is 4.79 Å². The zero-order chi connectivity index (χ0) is 18.6. The fraction of sp³-hybridized carbons (Fsp3) is 0.391. The third-order valence-electron chi connectivity index (χ3n) is 5.77. The molecule has 4 heteroatoms. The van der Waals surface area contributed by atoms with Crippen LogP contribution in [0.5, 0.6) is 0 Å². The van der Waals surface area contributed by atoms with Crippen molar-refractivity contribution in [2.24, 2.45) is 5.92 Å². The van der Waals surface area contributed by atoms with Crippen molar-refractivity contribution < 1.29 is 9.53 Å². The fourth-order valence-corrected chi connectivity index (χ4v) is 4.40. The number of carbonyl (C=O) groups is 1. The van der Waals surface area contributed by atoms with E-state index in [-0.39, 0.29) is 5.92 Å². The largest absolute Gasteiger partial charge is 0.378 e. The van der Waals surface area contributed by atoms with Crippen LogP contribution in [0.4, 0.5) is 0 Å². The number of fused-ring (bicyclic) bond motifs is 2. The fourth-order valence-electron chi connectivity index (χ4n) is 4.40. The minimum Gasteiger partial charge on any atom is -0.378 e. The van der Waals surface area contributed by atoms with Gasteiger partial charge in [-0.05, 0) is 36.1 Å². The average molecular weight is 360 g/mol. The second kappa shape index (κ2) is 8.04. The van der Waals surface area contributed by atoms with Crippen molar-refractivity contribution in [2.45, 2.75) is 37.9 Å². The monoisotopic (exact) mass is 360 g/mol. The van der Waals surface area contributed by atoms with Gasteiger partial charge in [-0.25, -0.2) is 0 Å². The van der Waals surface area contributed by atoms with Gasteiger partial charge in [0.1, 0.15) is 5.78 Å². The van der Waals surface area contributed by atoms with Gasteiger partial charge >= 0.3 is 0 Å². The highest BCUT2D eigenvalue weighted by atomic mass is 16.5. The third-order valence-corrected chi connectivity index (χ3v) is 5.77. The first-order chi connectivity index (χ1) is 13.2. The van der Waals surface area contributed by atoms with E-state index in [1.807, 2.05) is 24.3 Å². The number of nitrogens with zero attached hydrogens (tertiary/aromatic N) is 2. The summed E-state index contributed by atoms with van der Waals surface area (Å²) in [6, 6.07) is 20.7. The zero-order valence-corrected chi connectivity index (χ0v) is 15.4. The number of piperidine rings is 1. The number of ketones is 1. The van der Waals surface area contributed by atoms with Crippen molar-refractivity contribution in [3.8, 4) is 6.07 Å². The molecule has 2 aliphatic heterocycles. The molecule has 27 heavy (non-hydrogen) atoms. The summed E-state index contributed by atoms with van der Waals surface area (Å²) in [5.41, 5.74) is 2.86. The Morgan fingerprint density at radius 2 is 1.74 bits per heavy atom. The van der Waals surface area contributed by atoms with Gasteiger partial charge in [0.05, 0.1) is 24.8 Å². The van der Waals surface area contributed by atoms with E-state index in [0.717, 1.165) is 24.9 Å². The van der Waals surface area contributed by atoms with E-state index in [4.69, 9.17) is 10.00 Å². The molecule has 4 rings (SSSR count). The molecule has 2 aromatic rings. The molecule has 0 N–H and O–H groups in total. The van der Waals surface area contributed by atoms with Gasteiger partial charge in [0, 0.05) is 31.0 Å². The van der Waals surface area contributed by atoms with Crippen molar-refractivity contribution in [2.75, 3.05) is 13.2 Å². The molecule has 2 aliphatic rings. The molecular formula is C23H24N2O2. The van der Waals surface area contributed by atoms with Gasteiger partial charge in [-0.1, -0.05) is 42.5 Å². The topological polar surface area (TPSA) is 53.3 Å².